The molecule has 2 unspecified atom stereocenters. The smallest absolute Gasteiger partial charge is 0.257 e. The molecule has 6 nitrogen and oxygen atoms in total. The maximum Gasteiger partial charge on any atom is 0.257 e. The van der Waals surface area contributed by atoms with Gasteiger partial charge in [0.15, 0.2) is 6.10 Å². The number of anilines is 2. The lowest BCUT2D eigenvalue weighted by atomic mass is 9.99. The van der Waals surface area contributed by atoms with Gasteiger partial charge in [-0.25, -0.2) is 0 Å². The standard InChI is InChI=1S/C15H19N3O3/c1-16-14(20)12-4-2-3-7-18(12)9-5-6-10-11(8-9)17-15(21)13(10)19/h5-6,8,12-13,19H,2-4,7H2,1H3,(H,16,20)(H,17,21). The second kappa shape index (κ2) is 5.37. The normalized spacial score (nSPS) is 24.5. The molecule has 6 heteroatoms. The topological polar surface area (TPSA) is 81.7 Å². The van der Waals surface area contributed by atoms with Crippen LogP contribution in [0.25, 0.3) is 0 Å². The van der Waals surface area contributed by atoms with Crippen LogP contribution in [0.5, 0.6) is 0 Å². The number of nitrogens with zero attached hydrogens (tertiary/aromatic N) is 1. The molecule has 1 saturated heterocycles. The van der Waals surface area contributed by atoms with Crippen molar-refractivity contribution in [2.75, 3.05) is 23.8 Å². The lowest BCUT2D eigenvalue weighted by Gasteiger charge is -2.36. The van der Waals surface area contributed by atoms with Gasteiger partial charge in [-0.3, -0.25) is 9.59 Å². The molecule has 1 fully saturated rings. The zero-order valence-corrected chi connectivity index (χ0v) is 11.9. The maximum atomic E-state index is 12.0. The van der Waals surface area contributed by atoms with Gasteiger partial charge in [-0.2, -0.15) is 0 Å². The average Bonchev–Trinajstić information content (AvgIpc) is 2.80. The molecular weight excluding hydrogens is 270 g/mol. The first-order valence-electron chi connectivity index (χ1n) is 7.23. The minimum atomic E-state index is -1.09. The molecule has 21 heavy (non-hydrogen) atoms. The van der Waals surface area contributed by atoms with Crippen molar-refractivity contribution >= 4 is 23.2 Å². The molecule has 0 bridgehead atoms. The second-order valence-corrected chi connectivity index (χ2v) is 5.48. The summed E-state index contributed by atoms with van der Waals surface area (Å²) in [5.41, 5.74) is 2.12. The van der Waals surface area contributed by atoms with Gasteiger partial charge in [0, 0.05) is 30.5 Å². The first-order chi connectivity index (χ1) is 10.1. The lowest BCUT2D eigenvalue weighted by molar-refractivity contribution is -0.123. The molecule has 1 aromatic carbocycles. The number of amides is 2. The van der Waals surface area contributed by atoms with E-state index in [1.54, 1.807) is 13.1 Å². The molecule has 2 aliphatic rings. The van der Waals surface area contributed by atoms with Crippen molar-refractivity contribution in [3.63, 3.8) is 0 Å². The Morgan fingerprint density at radius 1 is 1.43 bits per heavy atom. The van der Waals surface area contributed by atoms with Crippen LogP contribution < -0.4 is 15.5 Å². The molecule has 3 N–H and O–H groups in total. The summed E-state index contributed by atoms with van der Waals surface area (Å²) in [4.78, 5) is 25.6. The number of likely N-dealkylation sites (N-methyl/N-ethyl adjacent to an activating group) is 1. The van der Waals surface area contributed by atoms with Crippen LogP contribution in [-0.4, -0.2) is 36.6 Å². The monoisotopic (exact) mass is 289 g/mol. The number of carbonyl (C=O) groups excluding carboxylic acids is 2. The summed E-state index contributed by atoms with van der Waals surface area (Å²) >= 11 is 0. The van der Waals surface area contributed by atoms with E-state index in [9.17, 15) is 14.7 Å². The van der Waals surface area contributed by atoms with Crippen LogP contribution >= 0.6 is 0 Å². The number of carbonyl (C=O) groups is 2. The predicted molar refractivity (Wildman–Crippen MR) is 79.1 cm³/mol. The third-order valence-electron chi connectivity index (χ3n) is 4.22. The van der Waals surface area contributed by atoms with Crippen LogP contribution in [0.1, 0.15) is 30.9 Å². The van der Waals surface area contributed by atoms with Crippen LogP contribution in [-0.2, 0) is 9.59 Å². The summed E-state index contributed by atoms with van der Waals surface area (Å²) in [5.74, 6) is -0.386. The number of rotatable bonds is 2. The van der Waals surface area contributed by atoms with Crippen molar-refractivity contribution in [1.82, 2.24) is 5.32 Å². The second-order valence-electron chi connectivity index (χ2n) is 5.48. The van der Waals surface area contributed by atoms with Gasteiger partial charge in [-0.1, -0.05) is 6.07 Å². The molecule has 0 aromatic heterocycles. The molecule has 2 heterocycles. The Balaban J connectivity index is 1.91. The van der Waals surface area contributed by atoms with Crippen LogP contribution in [0.15, 0.2) is 18.2 Å². The first kappa shape index (κ1) is 13.9. The Hall–Kier alpha value is -2.08. The van der Waals surface area contributed by atoms with Gasteiger partial charge < -0.3 is 20.6 Å². The molecule has 112 valence electrons. The number of hydrogen-bond acceptors (Lipinski definition) is 4. The first-order valence-corrected chi connectivity index (χ1v) is 7.23. The summed E-state index contributed by atoms with van der Waals surface area (Å²) in [6, 6.07) is 5.28. The Kier molecular flexibility index (Phi) is 3.55. The van der Waals surface area contributed by atoms with Crippen molar-refractivity contribution < 1.29 is 14.7 Å². The number of aliphatic hydroxyl groups excluding tert-OH is 1. The molecular formula is C15H19N3O3. The number of fused-ring (bicyclic) bond motifs is 1. The number of nitrogens with one attached hydrogen (secondary N) is 2. The van der Waals surface area contributed by atoms with E-state index in [1.165, 1.54) is 0 Å². The highest BCUT2D eigenvalue weighted by Gasteiger charge is 2.32. The highest BCUT2D eigenvalue weighted by molar-refractivity contribution is 6.02. The van der Waals surface area contributed by atoms with Crippen LogP contribution in [0.2, 0.25) is 0 Å². The van der Waals surface area contributed by atoms with E-state index in [-0.39, 0.29) is 11.9 Å². The average molecular weight is 289 g/mol. The van der Waals surface area contributed by atoms with Crippen molar-refractivity contribution in [3.05, 3.63) is 23.8 Å². The predicted octanol–water partition coefficient (Wildman–Crippen LogP) is 0.777. The van der Waals surface area contributed by atoms with Crippen molar-refractivity contribution in [2.45, 2.75) is 31.4 Å². The van der Waals surface area contributed by atoms with Crippen LogP contribution in [0.3, 0.4) is 0 Å². The third kappa shape index (κ3) is 2.35. The summed E-state index contributed by atoms with van der Waals surface area (Å²) in [6.45, 7) is 0.813. The molecule has 3 rings (SSSR count). The van der Waals surface area contributed by atoms with E-state index in [2.05, 4.69) is 15.5 Å². The van der Waals surface area contributed by atoms with Gasteiger partial charge in [0.2, 0.25) is 5.91 Å². The Morgan fingerprint density at radius 3 is 3.00 bits per heavy atom. The Bertz CT molecular complexity index is 588. The van der Waals surface area contributed by atoms with E-state index in [4.69, 9.17) is 0 Å². The Morgan fingerprint density at radius 2 is 2.24 bits per heavy atom. The minimum absolute atomic E-state index is 0.0132. The van der Waals surface area contributed by atoms with Gasteiger partial charge in [-0.15, -0.1) is 0 Å². The summed E-state index contributed by atoms with van der Waals surface area (Å²) in [6.07, 6.45) is 1.81. The molecule has 2 aliphatic heterocycles. The quantitative estimate of drug-likeness (QED) is 0.751. The van der Waals surface area contributed by atoms with Gasteiger partial charge in [0.05, 0.1) is 0 Å². The maximum absolute atomic E-state index is 12.0. The molecule has 0 saturated carbocycles. The van der Waals surface area contributed by atoms with E-state index >= 15 is 0 Å². The Labute approximate surface area is 123 Å². The van der Waals surface area contributed by atoms with E-state index in [0.29, 0.717) is 11.3 Å². The van der Waals surface area contributed by atoms with E-state index < -0.39 is 12.0 Å². The number of piperidine rings is 1. The van der Waals surface area contributed by atoms with Gasteiger partial charge in [0.25, 0.3) is 5.91 Å². The minimum Gasteiger partial charge on any atom is -0.378 e. The summed E-state index contributed by atoms with van der Waals surface area (Å²) in [7, 11) is 1.65. The number of benzene rings is 1. The van der Waals surface area contributed by atoms with E-state index in [0.717, 1.165) is 31.5 Å². The summed E-state index contributed by atoms with van der Waals surface area (Å²) in [5, 5.41) is 15.1. The van der Waals surface area contributed by atoms with Gasteiger partial charge >= 0.3 is 0 Å². The lowest BCUT2D eigenvalue weighted by Crippen LogP contribution is -2.48. The molecule has 2 atom stereocenters. The third-order valence-corrected chi connectivity index (χ3v) is 4.22. The number of hydrogen-bond donors (Lipinski definition) is 3. The SMILES string of the molecule is CNC(=O)C1CCCCN1c1ccc2c(c1)NC(=O)C2O. The molecule has 1 aromatic rings. The van der Waals surface area contributed by atoms with Crippen LogP contribution in [0.4, 0.5) is 11.4 Å². The van der Waals surface area contributed by atoms with E-state index in [1.807, 2.05) is 12.1 Å². The summed E-state index contributed by atoms with van der Waals surface area (Å²) < 4.78 is 0. The fourth-order valence-electron chi connectivity index (χ4n) is 3.09. The fourth-order valence-corrected chi connectivity index (χ4v) is 3.09. The van der Waals surface area contributed by atoms with Crippen molar-refractivity contribution in [3.8, 4) is 0 Å². The zero-order valence-electron chi connectivity index (χ0n) is 11.9. The highest BCUT2D eigenvalue weighted by Crippen LogP contribution is 2.35. The van der Waals surface area contributed by atoms with Crippen molar-refractivity contribution in [1.29, 1.82) is 0 Å². The molecule has 0 spiro atoms. The highest BCUT2D eigenvalue weighted by atomic mass is 16.3. The molecule has 0 radical (unpaired) electrons. The van der Waals surface area contributed by atoms with Crippen LogP contribution in [0, 0.1) is 0 Å². The van der Waals surface area contributed by atoms with Crippen molar-refractivity contribution in [2.24, 2.45) is 0 Å². The van der Waals surface area contributed by atoms with Gasteiger partial charge in [-0.05, 0) is 31.4 Å². The zero-order chi connectivity index (χ0) is 15.0. The van der Waals surface area contributed by atoms with Gasteiger partial charge in [0.1, 0.15) is 6.04 Å². The largest absolute Gasteiger partial charge is 0.378 e. The molecule has 2 amide bonds. The number of aliphatic hydroxyl groups is 1. The molecule has 0 aliphatic carbocycles. The fraction of sp³-hybridized carbons (Fsp3) is 0.467.